The molecule has 2 heterocycles. The van der Waals surface area contributed by atoms with E-state index in [1.54, 1.807) is 26.8 Å². The molecule has 8 heteroatoms. The van der Waals surface area contributed by atoms with Crippen molar-refractivity contribution < 1.29 is 17.2 Å². The standard InChI is InChI=1S/C18H21F2N3O2S/c1-11-4-5-15(16(19)10-11)17(20)14-6-8-23(9-7-14)26(24,25)18-12(2)21-22-13(18)3/h4-5,10H,6-9H2,1-3H3,(H,21,22). The lowest BCUT2D eigenvalue weighted by Crippen LogP contribution is -2.37. The first kappa shape index (κ1) is 18.7. The van der Waals surface area contributed by atoms with Crippen molar-refractivity contribution in [1.29, 1.82) is 0 Å². The number of hydrogen-bond donors (Lipinski definition) is 1. The van der Waals surface area contributed by atoms with E-state index in [0.29, 0.717) is 17.0 Å². The average Bonchev–Trinajstić information content (AvgIpc) is 2.93. The van der Waals surface area contributed by atoms with Crippen molar-refractivity contribution in [1.82, 2.24) is 14.5 Å². The smallest absolute Gasteiger partial charge is 0.246 e. The first-order valence-electron chi connectivity index (χ1n) is 8.37. The van der Waals surface area contributed by atoms with Crippen molar-refractivity contribution in [2.45, 2.75) is 38.5 Å². The Labute approximate surface area is 151 Å². The molecule has 1 fully saturated rings. The zero-order valence-electron chi connectivity index (χ0n) is 14.9. The van der Waals surface area contributed by atoms with Gasteiger partial charge in [0.2, 0.25) is 10.0 Å². The summed E-state index contributed by atoms with van der Waals surface area (Å²) in [5.41, 5.74) is 1.99. The number of sulfonamides is 1. The summed E-state index contributed by atoms with van der Waals surface area (Å²) in [5, 5.41) is 6.61. The number of aromatic amines is 1. The van der Waals surface area contributed by atoms with Gasteiger partial charge in [-0.1, -0.05) is 6.07 Å². The van der Waals surface area contributed by atoms with Crippen LogP contribution < -0.4 is 0 Å². The Morgan fingerprint density at radius 1 is 1.19 bits per heavy atom. The van der Waals surface area contributed by atoms with Gasteiger partial charge in [0.25, 0.3) is 0 Å². The summed E-state index contributed by atoms with van der Waals surface area (Å²) in [6.45, 7) is 5.33. The summed E-state index contributed by atoms with van der Waals surface area (Å²) in [4.78, 5) is 0.176. The normalized spacial score (nSPS) is 16.1. The van der Waals surface area contributed by atoms with Gasteiger partial charge < -0.3 is 0 Å². The highest BCUT2D eigenvalue weighted by Gasteiger charge is 2.32. The highest BCUT2D eigenvalue weighted by Crippen LogP contribution is 2.32. The second-order valence-electron chi connectivity index (χ2n) is 6.57. The van der Waals surface area contributed by atoms with Crippen LogP contribution in [-0.4, -0.2) is 36.0 Å². The zero-order valence-corrected chi connectivity index (χ0v) is 15.8. The quantitative estimate of drug-likeness (QED) is 0.883. The number of aromatic nitrogens is 2. The van der Waals surface area contributed by atoms with Gasteiger partial charge in [-0.15, -0.1) is 0 Å². The molecule has 0 radical (unpaired) electrons. The van der Waals surface area contributed by atoms with Crippen molar-refractivity contribution in [3.05, 3.63) is 52.1 Å². The fourth-order valence-corrected chi connectivity index (χ4v) is 5.03. The Morgan fingerprint density at radius 3 is 2.38 bits per heavy atom. The van der Waals surface area contributed by atoms with Gasteiger partial charge in [0.15, 0.2) is 0 Å². The maximum Gasteiger partial charge on any atom is 0.246 e. The molecule has 0 bridgehead atoms. The first-order valence-corrected chi connectivity index (χ1v) is 9.81. The van der Waals surface area contributed by atoms with E-state index in [1.165, 1.54) is 16.4 Å². The highest BCUT2D eigenvalue weighted by molar-refractivity contribution is 7.89. The molecule has 5 nitrogen and oxygen atoms in total. The van der Waals surface area contributed by atoms with E-state index in [-0.39, 0.29) is 36.4 Å². The van der Waals surface area contributed by atoms with E-state index in [9.17, 15) is 17.2 Å². The Kier molecular flexibility index (Phi) is 4.98. The van der Waals surface area contributed by atoms with Gasteiger partial charge in [-0.05, 0) is 56.9 Å². The van der Waals surface area contributed by atoms with Crippen LogP contribution >= 0.6 is 0 Å². The number of halogens is 2. The van der Waals surface area contributed by atoms with Crippen molar-refractivity contribution >= 4 is 15.9 Å². The molecule has 0 saturated carbocycles. The van der Waals surface area contributed by atoms with Gasteiger partial charge in [-0.2, -0.15) is 9.40 Å². The Morgan fingerprint density at radius 2 is 1.85 bits per heavy atom. The number of aryl methyl sites for hydroxylation is 3. The number of nitrogens with one attached hydrogen (secondary N) is 1. The van der Waals surface area contributed by atoms with Crippen molar-refractivity contribution in [3.8, 4) is 0 Å². The maximum absolute atomic E-state index is 14.7. The van der Waals surface area contributed by atoms with Gasteiger partial charge in [0, 0.05) is 18.7 Å². The largest absolute Gasteiger partial charge is 0.281 e. The van der Waals surface area contributed by atoms with Gasteiger partial charge >= 0.3 is 0 Å². The summed E-state index contributed by atoms with van der Waals surface area (Å²) in [6, 6.07) is 4.37. The molecule has 1 aliphatic rings. The van der Waals surface area contributed by atoms with E-state index < -0.39 is 21.7 Å². The predicted octanol–water partition coefficient (Wildman–Crippen LogP) is 3.64. The van der Waals surface area contributed by atoms with Crippen LogP contribution in [0.5, 0.6) is 0 Å². The van der Waals surface area contributed by atoms with E-state index in [2.05, 4.69) is 10.2 Å². The topological polar surface area (TPSA) is 66.1 Å². The fourth-order valence-electron chi connectivity index (χ4n) is 3.25. The second-order valence-corrected chi connectivity index (χ2v) is 8.44. The lowest BCUT2D eigenvalue weighted by Gasteiger charge is -2.28. The number of benzene rings is 1. The third kappa shape index (κ3) is 3.31. The van der Waals surface area contributed by atoms with Crippen LogP contribution in [-0.2, 0) is 10.0 Å². The Hall–Kier alpha value is -2.06. The van der Waals surface area contributed by atoms with Gasteiger partial charge in [-0.25, -0.2) is 17.2 Å². The molecule has 1 aromatic heterocycles. The van der Waals surface area contributed by atoms with Gasteiger partial charge in [0.05, 0.1) is 11.4 Å². The van der Waals surface area contributed by atoms with Crippen molar-refractivity contribution in [2.75, 3.05) is 13.1 Å². The SMILES string of the molecule is Cc1ccc(C(F)=C2CCN(S(=O)(=O)c3c(C)n[nH]c3C)CC2)c(F)c1. The monoisotopic (exact) mass is 381 g/mol. The molecule has 0 aliphatic carbocycles. The fraction of sp³-hybridized carbons (Fsp3) is 0.389. The summed E-state index contributed by atoms with van der Waals surface area (Å²) in [5.74, 6) is -1.19. The van der Waals surface area contributed by atoms with Crippen LogP contribution in [0.3, 0.4) is 0 Å². The van der Waals surface area contributed by atoms with Crippen LogP contribution in [0.25, 0.3) is 5.83 Å². The zero-order chi connectivity index (χ0) is 19.1. The minimum absolute atomic E-state index is 0.0663. The summed E-state index contributed by atoms with van der Waals surface area (Å²) < 4.78 is 55.7. The maximum atomic E-state index is 14.7. The van der Waals surface area contributed by atoms with Crippen LogP contribution in [0.4, 0.5) is 8.78 Å². The van der Waals surface area contributed by atoms with Gasteiger partial charge in [0.1, 0.15) is 16.5 Å². The number of rotatable bonds is 3. The minimum atomic E-state index is -3.69. The van der Waals surface area contributed by atoms with Crippen LogP contribution in [0, 0.1) is 26.6 Å². The molecule has 0 atom stereocenters. The lowest BCUT2D eigenvalue weighted by atomic mass is 10.00. The summed E-state index contributed by atoms with van der Waals surface area (Å²) >= 11 is 0. The average molecular weight is 381 g/mol. The van der Waals surface area contributed by atoms with Crippen LogP contribution in [0.15, 0.2) is 28.7 Å². The number of piperidine rings is 1. The molecular formula is C18H21F2N3O2S. The lowest BCUT2D eigenvalue weighted by molar-refractivity contribution is 0.384. The van der Waals surface area contributed by atoms with E-state index in [4.69, 9.17) is 0 Å². The van der Waals surface area contributed by atoms with Gasteiger partial charge in [-0.3, -0.25) is 5.10 Å². The Balaban J connectivity index is 1.83. The Bertz CT molecular complexity index is 951. The molecule has 1 aliphatic heterocycles. The highest BCUT2D eigenvalue weighted by atomic mass is 32.2. The molecular weight excluding hydrogens is 360 g/mol. The first-order chi connectivity index (χ1) is 12.2. The third-order valence-corrected chi connectivity index (χ3v) is 6.82. The number of H-pyrrole nitrogens is 1. The van der Waals surface area contributed by atoms with E-state index in [0.717, 1.165) is 5.56 Å². The summed E-state index contributed by atoms with van der Waals surface area (Å²) in [6.07, 6.45) is 0.461. The molecule has 0 spiro atoms. The van der Waals surface area contributed by atoms with E-state index in [1.807, 2.05) is 0 Å². The van der Waals surface area contributed by atoms with E-state index >= 15 is 0 Å². The third-order valence-electron chi connectivity index (χ3n) is 4.66. The molecule has 2 aromatic rings. The molecule has 0 unspecified atom stereocenters. The predicted molar refractivity (Wildman–Crippen MR) is 95.2 cm³/mol. The second kappa shape index (κ2) is 6.92. The van der Waals surface area contributed by atoms with Crippen molar-refractivity contribution in [3.63, 3.8) is 0 Å². The van der Waals surface area contributed by atoms with Crippen LogP contribution in [0.2, 0.25) is 0 Å². The minimum Gasteiger partial charge on any atom is -0.281 e. The molecule has 3 rings (SSSR count). The molecule has 140 valence electrons. The molecule has 1 saturated heterocycles. The number of nitrogens with zero attached hydrogens (tertiary/aromatic N) is 2. The molecule has 1 N–H and O–H groups in total. The molecule has 0 amide bonds. The molecule has 1 aromatic carbocycles. The van der Waals surface area contributed by atoms with Crippen molar-refractivity contribution in [2.24, 2.45) is 0 Å². The summed E-state index contributed by atoms with van der Waals surface area (Å²) in [7, 11) is -3.69. The van der Waals surface area contributed by atoms with Crippen LogP contribution in [0.1, 0.15) is 35.4 Å². The number of hydrogen-bond acceptors (Lipinski definition) is 3. The molecule has 26 heavy (non-hydrogen) atoms.